The van der Waals surface area contributed by atoms with Gasteiger partial charge in [0.1, 0.15) is 11.5 Å². The summed E-state index contributed by atoms with van der Waals surface area (Å²) in [6.07, 6.45) is 0. The highest BCUT2D eigenvalue weighted by atomic mass is 32.3. The standard InChI is InChI=1S/C6H6O6S2/c7-4-1-2-5(8)6(3-4)13-12-14(9,10)11/h1-3,7-8H,(H,9,10,11). The van der Waals surface area contributed by atoms with Gasteiger partial charge in [0.05, 0.1) is 16.9 Å². The highest BCUT2D eigenvalue weighted by Crippen LogP contribution is 2.32. The van der Waals surface area contributed by atoms with Crippen molar-refractivity contribution < 1.29 is 26.8 Å². The van der Waals surface area contributed by atoms with Crippen molar-refractivity contribution in [2.45, 2.75) is 4.90 Å². The number of rotatable bonds is 3. The molecular weight excluding hydrogens is 232 g/mol. The second kappa shape index (κ2) is 4.05. The van der Waals surface area contributed by atoms with Gasteiger partial charge >= 0.3 is 10.4 Å². The number of aromatic hydroxyl groups is 2. The van der Waals surface area contributed by atoms with Gasteiger partial charge in [-0.25, -0.2) is 0 Å². The van der Waals surface area contributed by atoms with Crippen molar-refractivity contribution in [3.63, 3.8) is 0 Å². The van der Waals surface area contributed by atoms with Crippen LogP contribution in [0, 0.1) is 0 Å². The van der Waals surface area contributed by atoms with Crippen LogP contribution in [0.25, 0.3) is 0 Å². The van der Waals surface area contributed by atoms with Crippen molar-refractivity contribution >= 4 is 22.4 Å². The van der Waals surface area contributed by atoms with Crippen LogP contribution in [0.5, 0.6) is 11.5 Å². The molecule has 1 rings (SSSR count). The zero-order valence-corrected chi connectivity index (χ0v) is 8.25. The van der Waals surface area contributed by atoms with Crippen LogP contribution in [0.1, 0.15) is 0 Å². The van der Waals surface area contributed by atoms with Crippen LogP contribution >= 0.6 is 12.0 Å². The highest BCUT2D eigenvalue weighted by molar-refractivity contribution is 8.02. The Labute approximate surface area is 84.3 Å². The summed E-state index contributed by atoms with van der Waals surface area (Å²) >= 11 is 0.220. The van der Waals surface area contributed by atoms with E-state index >= 15 is 0 Å². The lowest BCUT2D eigenvalue weighted by Crippen LogP contribution is -1.96. The first kappa shape index (κ1) is 11.1. The van der Waals surface area contributed by atoms with E-state index in [-0.39, 0.29) is 28.4 Å². The summed E-state index contributed by atoms with van der Waals surface area (Å²) in [7, 11) is -4.58. The van der Waals surface area contributed by atoms with Crippen LogP contribution < -0.4 is 0 Å². The van der Waals surface area contributed by atoms with E-state index < -0.39 is 10.4 Å². The molecule has 0 bridgehead atoms. The lowest BCUT2D eigenvalue weighted by molar-refractivity contribution is 0.406. The molecule has 0 aromatic heterocycles. The Kier molecular flexibility index (Phi) is 3.21. The van der Waals surface area contributed by atoms with E-state index in [2.05, 4.69) is 3.63 Å². The van der Waals surface area contributed by atoms with Crippen molar-refractivity contribution in [3.05, 3.63) is 18.2 Å². The van der Waals surface area contributed by atoms with E-state index in [9.17, 15) is 8.42 Å². The summed E-state index contributed by atoms with van der Waals surface area (Å²) in [5, 5.41) is 18.1. The molecule has 0 unspecified atom stereocenters. The zero-order valence-electron chi connectivity index (χ0n) is 6.61. The Morgan fingerprint density at radius 2 is 1.93 bits per heavy atom. The molecule has 6 nitrogen and oxygen atoms in total. The molecule has 0 spiro atoms. The Bertz CT molecular complexity index is 426. The largest absolute Gasteiger partial charge is 0.508 e. The quantitative estimate of drug-likeness (QED) is 0.408. The molecule has 0 saturated heterocycles. The molecule has 1 aromatic rings. The van der Waals surface area contributed by atoms with Gasteiger partial charge in [-0.05, 0) is 18.2 Å². The van der Waals surface area contributed by atoms with Gasteiger partial charge in [0.25, 0.3) is 0 Å². The second-order valence-corrected chi connectivity index (χ2v) is 4.24. The summed E-state index contributed by atoms with van der Waals surface area (Å²) in [6.45, 7) is 0. The molecule has 1 aromatic carbocycles. The maximum absolute atomic E-state index is 10.2. The molecule has 8 heteroatoms. The molecule has 0 aliphatic heterocycles. The third kappa shape index (κ3) is 3.42. The molecule has 0 saturated carbocycles. The van der Waals surface area contributed by atoms with Crippen molar-refractivity contribution in [2.24, 2.45) is 0 Å². The number of hydrogen-bond acceptors (Lipinski definition) is 6. The van der Waals surface area contributed by atoms with E-state index in [1.54, 1.807) is 0 Å². The maximum Gasteiger partial charge on any atom is 0.408 e. The predicted molar refractivity (Wildman–Crippen MR) is 48.3 cm³/mol. The zero-order chi connectivity index (χ0) is 10.8. The first-order valence-corrected chi connectivity index (χ1v) is 5.35. The molecule has 0 fully saturated rings. The van der Waals surface area contributed by atoms with Crippen LogP contribution in [0.15, 0.2) is 23.1 Å². The Morgan fingerprint density at radius 1 is 1.29 bits per heavy atom. The van der Waals surface area contributed by atoms with Crippen LogP contribution in [-0.2, 0) is 14.0 Å². The van der Waals surface area contributed by atoms with Gasteiger partial charge in [-0.2, -0.15) is 12.0 Å². The summed E-state index contributed by atoms with van der Waals surface area (Å²) in [6, 6.07) is 3.46. The van der Waals surface area contributed by atoms with Gasteiger partial charge in [-0.15, -0.1) is 0 Å². The third-order valence-corrected chi connectivity index (χ3v) is 2.62. The van der Waals surface area contributed by atoms with E-state index in [0.29, 0.717) is 0 Å². The van der Waals surface area contributed by atoms with Crippen molar-refractivity contribution in [2.75, 3.05) is 0 Å². The molecule has 3 N–H and O–H groups in total. The molecule has 0 aliphatic rings. The third-order valence-electron chi connectivity index (χ3n) is 1.15. The predicted octanol–water partition coefficient (Wildman–Crippen LogP) is 0.924. The van der Waals surface area contributed by atoms with E-state index in [1.165, 1.54) is 6.07 Å². The van der Waals surface area contributed by atoms with Crippen LogP contribution in [-0.4, -0.2) is 23.2 Å². The topological polar surface area (TPSA) is 104 Å². The molecular formula is C6H6O6S2. The number of benzene rings is 1. The Morgan fingerprint density at radius 3 is 2.50 bits per heavy atom. The summed E-state index contributed by atoms with van der Waals surface area (Å²) in [4.78, 5) is -0.0253. The van der Waals surface area contributed by atoms with Crippen LogP contribution in [0.3, 0.4) is 0 Å². The minimum Gasteiger partial charge on any atom is -0.508 e. The van der Waals surface area contributed by atoms with E-state index in [1.807, 2.05) is 0 Å². The molecule has 14 heavy (non-hydrogen) atoms. The fourth-order valence-electron chi connectivity index (χ4n) is 0.649. The number of phenolic OH excluding ortho intramolecular Hbond substituents is 2. The lowest BCUT2D eigenvalue weighted by Gasteiger charge is -2.02. The van der Waals surface area contributed by atoms with Gasteiger partial charge in [0.2, 0.25) is 0 Å². The van der Waals surface area contributed by atoms with Crippen molar-refractivity contribution in [1.82, 2.24) is 0 Å². The van der Waals surface area contributed by atoms with Crippen molar-refractivity contribution in [1.29, 1.82) is 0 Å². The smallest absolute Gasteiger partial charge is 0.408 e. The molecule has 0 heterocycles. The highest BCUT2D eigenvalue weighted by Gasteiger charge is 2.10. The van der Waals surface area contributed by atoms with Gasteiger partial charge in [0.15, 0.2) is 0 Å². The normalized spacial score (nSPS) is 11.5. The number of phenols is 2. The molecule has 0 atom stereocenters. The summed E-state index contributed by atoms with van der Waals surface area (Å²) in [5.74, 6) is -0.430. The first-order valence-electron chi connectivity index (χ1n) is 3.24. The molecule has 78 valence electrons. The van der Waals surface area contributed by atoms with Gasteiger partial charge in [-0.1, -0.05) is 0 Å². The monoisotopic (exact) mass is 238 g/mol. The summed E-state index contributed by atoms with van der Waals surface area (Å²) in [5.41, 5.74) is 0. The summed E-state index contributed by atoms with van der Waals surface area (Å²) < 4.78 is 32.5. The fourth-order valence-corrected chi connectivity index (χ4v) is 1.61. The molecule has 0 aliphatic carbocycles. The van der Waals surface area contributed by atoms with E-state index in [4.69, 9.17) is 14.8 Å². The van der Waals surface area contributed by atoms with Crippen LogP contribution in [0.2, 0.25) is 0 Å². The molecule has 0 radical (unpaired) electrons. The fraction of sp³-hybridized carbons (Fsp3) is 0. The Hall–Kier alpha value is -0.960. The Balaban J connectivity index is 2.81. The van der Waals surface area contributed by atoms with Gasteiger partial charge in [-0.3, -0.25) is 4.55 Å². The van der Waals surface area contributed by atoms with Gasteiger partial charge < -0.3 is 10.2 Å². The van der Waals surface area contributed by atoms with Gasteiger partial charge in [0, 0.05) is 0 Å². The van der Waals surface area contributed by atoms with Crippen LogP contribution in [0.4, 0.5) is 0 Å². The number of hydrogen-bond donors (Lipinski definition) is 3. The first-order chi connectivity index (χ1) is 6.38. The lowest BCUT2D eigenvalue weighted by atomic mass is 10.3. The maximum atomic E-state index is 10.2. The minimum atomic E-state index is -4.58. The average molecular weight is 238 g/mol. The van der Waals surface area contributed by atoms with Crippen molar-refractivity contribution in [3.8, 4) is 11.5 Å². The second-order valence-electron chi connectivity index (χ2n) is 2.23. The van der Waals surface area contributed by atoms with E-state index in [0.717, 1.165) is 12.1 Å². The minimum absolute atomic E-state index is 0.0253. The average Bonchev–Trinajstić information content (AvgIpc) is 2.05. The SMILES string of the molecule is O=S(=O)(O)OSc1cc(O)ccc1O. The molecule has 0 amide bonds.